The highest BCUT2D eigenvalue weighted by molar-refractivity contribution is 8.00. The number of hydrogen-bond acceptors (Lipinski definition) is 11. The number of rotatable bonds is 7. The third-order valence-corrected chi connectivity index (χ3v) is 6.87. The lowest BCUT2D eigenvalue weighted by molar-refractivity contribution is -0.688. The molecule has 172 valence electrons. The Morgan fingerprint density at radius 2 is 2.24 bits per heavy atom. The number of carbonyl (C=O) groups is 3. The molecule has 0 spiro atoms. The van der Waals surface area contributed by atoms with Gasteiger partial charge in [-0.2, -0.15) is 4.57 Å². The highest BCUT2D eigenvalue weighted by Crippen LogP contribution is 2.40. The van der Waals surface area contributed by atoms with Crippen molar-refractivity contribution in [1.29, 1.82) is 0 Å². The molecule has 6 N–H and O–H groups in total. The molecular formula is C18H19N8O5S2+. The molecule has 0 radical (unpaired) electrons. The molecule has 1 saturated heterocycles. The maximum Gasteiger partial charge on any atom is 0.352 e. The molecule has 1 unspecified atom stereocenters. The van der Waals surface area contributed by atoms with Crippen molar-refractivity contribution < 1.29 is 28.9 Å². The summed E-state index contributed by atoms with van der Waals surface area (Å²) in [6.07, 6.45) is 4.74. The number of nitrogens with two attached hydrogens (primary N) is 2. The van der Waals surface area contributed by atoms with Crippen molar-refractivity contribution in [1.82, 2.24) is 20.2 Å². The van der Waals surface area contributed by atoms with Gasteiger partial charge in [0.15, 0.2) is 29.4 Å². The summed E-state index contributed by atoms with van der Waals surface area (Å²) in [5, 5.41) is 17.3. The van der Waals surface area contributed by atoms with Crippen LogP contribution in [0.3, 0.4) is 0 Å². The molecule has 2 aromatic heterocycles. The van der Waals surface area contributed by atoms with Crippen LogP contribution >= 0.6 is 23.1 Å². The zero-order valence-corrected chi connectivity index (χ0v) is 18.8. The summed E-state index contributed by atoms with van der Waals surface area (Å²) >= 11 is 2.47. The second kappa shape index (κ2) is 9.03. The summed E-state index contributed by atoms with van der Waals surface area (Å²) in [5.41, 5.74) is 11.8. The van der Waals surface area contributed by atoms with Gasteiger partial charge in [0.05, 0.1) is 6.20 Å². The van der Waals surface area contributed by atoms with Crippen LogP contribution in [0.25, 0.3) is 0 Å². The van der Waals surface area contributed by atoms with Crippen molar-refractivity contribution in [3.05, 3.63) is 40.9 Å². The number of carboxylic acid groups (broad SMARTS) is 1. The summed E-state index contributed by atoms with van der Waals surface area (Å²) < 4.78 is 1.69. The predicted octanol–water partition coefficient (Wildman–Crippen LogP) is -1.22. The fourth-order valence-corrected chi connectivity index (χ4v) is 5.36. The van der Waals surface area contributed by atoms with Crippen LogP contribution in [0.1, 0.15) is 5.69 Å². The summed E-state index contributed by atoms with van der Waals surface area (Å²) in [6, 6.07) is -0.930. The zero-order chi connectivity index (χ0) is 23.7. The predicted molar refractivity (Wildman–Crippen MR) is 119 cm³/mol. The van der Waals surface area contributed by atoms with Gasteiger partial charge in [-0.25, -0.2) is 14.8 Å². The van der Waals surface area contributed by atoms with Gasteiger partial charge in [-0.15, -0.1) is 23.1 Å². The molecule has 15 heteroatoms. The average Bonchev–Trinajstić information content (AvgIpc) is 3.21. The highest BCUT2D eigenvalue weighted by Gasteiger charge is 2.54. The standard InChI is InChI=1S/C18H18N8O5S2/c1-31-24-11(9-7-33-18(20)22-9)14(27)23-12-15(28)26-13(17(29)30)8(6-32-16(12)26)4-25-3-2-21-10(19)5-25/h2-3,5,7,12,16H,4,6H2,1H3,(H5-,19,20,21,22,23,27,29,30)/p+1/t12?,16-/m0/s1. The summed E-state index contributed by atoms with van der Waals surface area (Å²) in [5.74, 6) is -1.82. The summed E-state index contributed by atoms with van der Waals surface area (Å²) in [6.45, 7) is 0.227. The van der Waals surface area contributed by atoms with E-state index in [4.69, 9.17) is 16.3 Å². The quantitative estimate of drug-likeness (QED) is 0.158. The molecule has 33 heavy (non-hydrogen) atoms. The number of carbonyl (C=O) groups excluding carboxylic acids is 2. The van der Waals surface area contributed by atoms with Gasteiger partial charge in [0.2, 0.25) is 6.20 Å². The maximum atomic E-state index is 12.9. The highest BCUT2D eigenvalue weighted by atomic mass is 32.2. The Morgan fingerprint density at radius 1 is 1.45 bits per heavy atom. The van der Waals surface area contributed by atoms with Gasteiger partial charge in [-0.05, 0) is 0 Å². The first-order valence-electron chi connectivity index (χ1n) is 9.44. The van der Waals surface area contributed by atoms with E-state index in [-0.39, 0.29) is 34.6 Å². The van der Waals surface area contributed by atoms with Crippen molar-refractivity contribution in [2.75, 3.05) is 24.3 Å². The number of anilines is 2. The fourth-order valence-electron chi connectivity index (χ4n) is 3.48. The number of fused-ring (bicyclic) bond motifs is 1. The number of β-lactam (4-membered cyclic amide) rings is 1. The minimum absolute atomic E-state index is 0.102. The van der Waals surface area contributed by atoms with E-state index in [0.29, 0.717) is 11.3 Å². The third-order valence-electron chi connectivity index (χ3n) is 4.85. The molecule has 0 aromatic carbocycles. The molecular weight excluding hydrogens is 472 g/mol. The number of nitrogens with zero attached hydrogens (tertiary/aromatic N) is 5. The van der Waals surface area contributed by atoms with Crippen LogP contribution in [0, 0.1) is 0 Å². The minimum Gasteiger partial charge on any atom is -0.477 e. The van der Waals surface area contributed by atoms with E-state index in [0.717, 1.165) is 11.3 Å². The molecule has 2 aliphatic rings. The third kappa shape index (κ3) is 4.31. The second-order valence-electron chi connectivity index (χ2n) is 6.97. The van der Waals surface area contributed by atoms with E-state index < -0.39 is 29.2 Å². The first-order valence-corrected chi connectivity index (χ1v) is 11.4. The van der Waals surface area contributed by atoms with Crippen LogP contribution < -0.4 is 21.4 Å². The smallest absolute Gasteiger partial charge is 0.352 e. The number of aromatic nitrogens is 3. The van der Waals surface area contributed by atoms with Crippen LogP contribution in [0.4, 0.5) is 10.9 Å². The van der Waals surface area contributed by atoms with Gasteiger partial charge in [-0.3, -0.25) is 14.5 Å². The van der Waals surface area contributed by atoms with Crippen LogP contribution in [0.2, 0.25) is 0 Å². The summed E-state index contributed by atoms with van der Waals surface area (Å²) in [7, 11) is 1.27. The molecule has 2 amide bonds. The van der Waals surface area contributed by atoms with Crippen molar-refractivity contribution in [2.45, 2.75) is 18.0 Å². The minimum atomic E-state index is -1.23. The van der Waals surface area contributed by atoms with Gasteiger partial charge in [0.25, 0.3) is 11.8 Å². The molecule has 1 fully saturated rings. The second-order valence-corrected chi connectivity index (χ2v) is 8.96. The largest absolute Gasteiger partial charge is 0.477 e. The Hall–Kier alpha value is -3.72. The first kappa shape index (κ1) is 22.5. The Labute approximate surface area is 195 Å². The Bertz CT molecular complexity index is 1200. The van der Waals surface area contributed by atoms with Crippen molar-refractivity contribution in [3.63, 3.8) is 0 Å². The Kier molecular flexibility index (Phi) is 6.15. The molecule has 0 aliphatic carbocycles. The average molecular weight is 492 g/mol. The zero-order valence-electron chi connectivity index (χ0n) is 17.2. The van der Waals surface area contributed by atoms with E-state index in [1.807, 2.05) is 0 Å². The maximum absolute atomic E-state index is 12.9. The molecule has 4 rings (SSSR count). The molecule has 2 aliphatic heterocycles. The van der Waals surface area contributed by atoms with E-state index in [2.05, 4.69) is 20.4 Å². The monoisotopic (exact) mass is 491 g/mol. The van der Waals surface area contributed by atoms with Crippen molar-refractivity contribution in [3.8, 4) is 0 Å². The lowest BCUT2D eigenvalue weighted by atomic mass is 10.0. The summed E-state index contributed by atoms with van der Waals surface area (Å²) in [4.78, 5) is 51.5. The SMILES string of the molecule is CON=C(C(=O)NC1C(=O)N2C(C(=O)O)=C(C[n+]3ccnc(N)c3)CS[C@@H]12)c1csc(N)n1. The number of hydrogen-bond donors (Lipinski definition) is 4. The van der Waals surface area contributed by atoms with E-state index in [1.54, 1.807) is 17.0 Å². The number of nitrogens with one attached hydrogen (secondary N) is 1. The fraction of sp³-hybridized carbons (Fsp3) is 0.278. The molecule has 13 nitrogen and oxygen atoms in total. The number of thioether (sulfide) groups is 1. The van der Waals surface area contributed by atoms with Crippen molar-refractivity contribution >= 4 is 57.5 Å². The van der Waals surface area contributed by atoms with E-state index in [1.165, 1.54) is 35.3 Å². The van der Waals surface area contributed by atoms with Gasteiger partial charge < -0.3 is 26.7 Å². The van der Waals surface area contributed by atoms with E-state index in [9.17, 15) is 19.5 Å². The van der Waals surface area contributed by atoms with Crippen LogP contribution in [-0.2, 0) is 25.8 Å². The number of aliphatic carboxylic acids is 1. The molecule has 2 aromatic rings. The Balaban J connectivity index is 1.54. The normalized spacial score (nSPS) is 20.2. The van der Waals surface area contributed by atoms with Crippen LogP contribution in [0.5, 0.6) is 0 Å². The van der Waals surface area contributed by atoms with Crippen molar-refractivity contribution in [2.24, 2.45) is 5.16 Å². The number of carboxylic acids is 1. The van der Waals surface area contributed by atoms with Gasteiger partial charge in [-0.1, -0.05) is 5.16 Å². The first-order chi connectivity index (χ1) is 15.8. The van der Waals surface area contributed by atoms with Crippen LogP contribution in [-0.4, -0.2) is 67.7 Å². The molecule has 4 heterocycles. The number of nitrogen functional groups attached to an aromatic ring is 2. The lowest BCUT2D eigenvalue weighted by Crippen LogP contribution is -2.71. The van der Waals surface area contributed by atoms with Gasteiger partial charge in [0, 0.05) is 16.7 Å². The Morgan fingerprint density at radius 3 is 2.88 bits per heavy atom. The van der Waals surface area contributed by atoms with Gasteiger partial charge in [0.1, 0.15) is 29.9 Å². The number of oxime groups is 1. The molecule has 0 saturated carbocycles. The number of amides is 2. The topological polar surface area (TPSA) is 190 Å². The lowest BCUT2D eigenvalue weighted by Gasteiger charge is -2.49. The molecule has 2 atom stereocenters. The van der Waals surface area contributed by atoms with Crippen LogP contribution in [0.15, 0.2) is 40.4 Å². The van der Waals surface area contributed by atoms with Gasteiger partial charge >= 0.3 is 5.97 Å². The molecule has 0 bridgehead atoms. The van der Waals surface area contributed by atoms with E-state index >= 15 is 0 Å². The number of thiazole rings is 1.